The lowest BCUT2D eigenvalue weighted by Gasteiger charge is -2.21. The number of hydrogen-bond acceptors (Lipinski definition) is 2. The van der Waals surface area contributed by atoms with Gasteiger partial charge < -0.3 is 10.1 Å². The summed E-state index contributed by atoms with van der Waals surface area (Å²) in [5, 5.41) is 3.40. The van der Waals surface area contributed by atoms with E-state index in [0.29, 0.717) is 0 Å². The first kappa shape index (κ1) is 15.1. The Balaban J connectivity index is 2.49. The molecule has 1 unspecified atom stereocenters. The predicted octanol–water partition coefficient (Wildman–Crippen LogP) is 4.38. The fourth-order valence-electron chi connectivity index (χ4n) is 2.44. The number of nitrogens with one attached hydrogen (secondary N) is 1. The molecule has 0 aromatic heterocycles. The van der Waals surface area contributed by atoms with Crippen LogP contribution in [0.3, 0.4) is 0 Å². The lowest BCUT2D eigenvalue weighted by Crippen LogP contribution is -2.19. The fourth-order valence-corrected chi connectivity index (χ4v) is 2.89. The molecule has 0 fully saturated rings. The number of benzene rings is 2. The van der Waals surface area contributed by atoms with E-state index in [1.54, 1.807) is 7.11 Å². The summed E-state index contributed by atoms with van der Waals surface area (Å²) in [4.78, 5) is 0. The van der Waals surface area contributed by atoms with Gasteiger partial charge in [0.15, 0.2) is 0 Å². The van der Waals surface area contributed by atoms with Gasteiger partial charge in [0.05, 0.1) is 13.2 Å². The molecule has 2 rings (SSSR count). The molecule has 0 heterocycles. The second kappa shape index (κ2) is 6.42. The maximum Gasteiger partial charge on any atom is 0.119 e. The number of rotatable bonds is 4. The highest BCUT2D eigenvalue weighted by atomic mass is 79.9. The summed E-state index contributed by atoms with van der Waals surface area (Å²) in [6, 6.07) is 12.8. The molecule has 0 aliphatic rings. The minimum absolute atomic E-state index is 0.164. The normalized spacial score (nSPS) is 12.2. The number of methoxy groups -OCH3 is 1. The molecule has 0 amide bonds. The first-order chi connectivity index (χ1) is 9.56. The third kappa shape index (κ3) is 3.05. The minimum atomic E-state index is 0.164. The summed E-state index contributed by atoms with van der Waals surface area (Å²) in [5.41, 5.74) is 5.01. The van der Waals surface area contributed by atoms with E-state index >= 15 is 0 Å². The SMILES string of the molecule is CNC(c1cccc(OC)c1)c1cc(C)c(Br)cc1C. The van der Waals surface area contributed by atoms with Crippen LogP contribution in [0.4, 0.5) is 0 Å². The van der Waals surface area contributed by atoms with Gasteiger partial charge in [-0.1, -0.05) is 34.1 Å². The fraction of sp³-hybridized carbons (Fsp3) is 0.294. The zero-order chi connectivity index (χ0) is 14.7. The van der Waals surface area contributed by atoms with Gasteiger partial charge >= 0.3 is 0 Å². The van der Waals surface area contributed by atoms with Crippen LogP contribution in [0, 0.1) is 13.8 Å². The Morgan fingerprint density at radius 1 is 1.10 bits per heavy atom. The Bertz CT molecular complexity index is 610. The van der Waals surface area contributed by atoms with Gasteiger partial charge in [-0.3, -0.25) is 0 Å². The quantitative estimate of drug-likeness (QED) is 0.896. The van der Waals surface area contributed by atoms with E-state index in [-0.39, 0.29) is 6.04 Å². The monoisotopic (exact) mass is 333 g/mol. The number of halogens is 1. The maximum absolute atomic E-state index is 5.32. The van der Waals surface area contributed by atoms with E-state index in [4.69, 9.17) is 4.74 Å². The molecular weight excluding hydrogens is 314 g/mol. The smallest absolute Gasteiger partial charge is 0.119 e. The van der Waals surface area contributed by atoms with Crippen LogP contribution in [0.15, 0.2) is 40.9 Å². The summed E-state index contributed by atoms with van der Waals surface area (Å²) in [6.07, 6.45) is 0. The molecule has 0 spiro atoms. The summed E-state index contributed by atoms with van der Waals surface area (Å²) in [6.45, 7) is 4.26. The van der Waals surface area contributed by atoms with Gasteiger partial charge in [0, 0.05) is 4.47 Å². The Morgan fingerprint density at radius 3 is 2.50 bits per heavy atom. The van der Waals surface area contributed by atoms with E-state index in [1.807, 2.05) is 19.2 Å². The standard InChI is InChI=1S/C17H20BrNO/c1-11-9-16(18)12(2)8-15(11)17(19-3)13-6-5-7-14(10-13)20-4/h5-10,17,19H,1-4H3. The van der Waals surface area contributed by atoms with E-state index in [1.165, 1.54) is 22.3 Å². The van der Waals surface area contributed by atoms with Crippen LogP contribution >= 0.6 is 15.9 Å². The third-order valence-corrected chi connectivity index (χ3v) is 4.43. The maximum atomic E-state index is 5.32. The highest BCUT2D eigenvalue weighted by Gasteiger charge is 2.16. The van der Waals surface area contributed by atoms with Crippen molar-refractivity contribution in [2.45, 2.75) is 19.9 Å². The molecule has 0 aliphatic carbocycles. The van der Waals surface area contributed by atoms with Crippen molar-refractivity contribution in [3.63, 3.8) is 0 Å². The van der Waals surface area contributed by atoms with Crippen molar-refractivity contribution >= 4 is 15.9 Å². The van der Waals surface area contributed by atoms with E-state index in [2.05, 4.69) is 59.4 Å². The number of aryl methyl sites for hydroxylation is 2. The van der Waals surface area contributed by atoms with Crippen molar-refractivity contribution in [3.8, 4) is 5.75 Å². The first-order valence-electron chi connectivity index (χ1n) is 6.64. The van der Waals surface area contributed by atoms with Crippen LogP contribution in [0.25, 0.3) is 0 Å². The zero-order valence-electron chi connectivity index (χ0n) is 12.3. The zero-order valence-corrected chi connectivity index (χ0v) is 13.9. The van der Waals surface area contributed by atoms with Crippen LogP contribution in [0.1, 0.15) is 28.3 Å². The Labute approximate surface area is 129 Å². The second-order valence-electron chi connectivity index (χ2n) is 4.96. The largest absolute Gasteiger partial charge is 0.497 e. The minimum Gasteiger partial charge on any atom is -0.497 e. The topological polar surface area (TPSA) is 21.3 Å². The summed E-state index contributed by atoms with van der Waals surface area (Å²) < 4.78 is 6.48. The highest BCUT2D eigenvalue weighted by Crippen LogP contribution is 2.30. The van der Waals surface area contributed by atoms with Gasteiger partial charge in [0.2, 0.25) is 0 Å². The number of hydrogen-bond donors (Lipinski definition) is 1. The molecule has 0 saturated carbocycles. The summed E-state index contributed by atoms with van der Waals surface area (Å²) >= 11 is 3.59. The molecule has 0 aliphatic heterocycles. The van der Waals surface area contributed by atoms with Crippen molar-refractivity contribution in [1.82, 2.24) is 5.32 Å². The Kier molecular flexibility index (Phi) is 4.84. The molecule has 2 aromatic rings. The molecule has 0 saturated heterocycles. The van der Waals surface area contributed by atoms with Crippen LogP contribution in [0.2, 0.25) is 0 Å². The lowest BCUT2D eigenvalue weighted by atomic mass is 9.93. The van der Waals surface area contributed by atoms with Crippen molar-refractivity contribution in [3.05, 3.63) is 63.1 Å². The number of ether oxygens (including phenoxy) is 1. The first-order valence-corrected chi connectivity index (χ1v) is 7.44. The third-order valence-electron chi connectivity index (χ3n) is 3.57. The molecule has 20 heavy (non-hydrogen) atoms. The molecule has 3 heteroatoms. The van der Waals surface area contributed by atoms with Crippen molar-refractivity contribution in [2.75, 3.05) is 14.2 Å². The van der Waals surface area contributed by atoms with Gasteiger partial charge in [-0.15, -0.1) is 0 Å². The average Bonchev–Trinajstić information content (AvgIpc) is 2.45. The molecule has 1 atom stereocenters. The molecule has 2 nitrogen and oxygen atoms in total. The van der Waals surface area contributed by atoms with Crippen LogP contribution in [-0.4, -0.2) is 14.2 Å². The van der Waals surface area contributed by atoms with E-state index in [0.717, 1.165) is 10.2 Å². The second-order valence-corrected chi connectivity index (χ2v) is 5.81. The molecule has 106 valence electrons. The van der Waals surface area contributed by atoms with Gasteiger partial charge in [0.1, 0.15) is 5.75 Å². The van der Waals surface area contributed by atoms with Crippen LogP contribution in [0.5, 0.6) is 5.75 Å². The van der Waals surface area contributed by atoms with Gasteiger partial charge in [-0.25, -0.2) is 0 Å². The summed E-state index contributed by atoms with van der Waals surface area (Å²) in [7, 11) is 3.68. The van der Waals surface area contributed by atoms with Crippen molar-refractivity contribution < 1.29 is 4.74 Å². The van der Waals surface area contributed by atoms with Crippen molar-refractivity contribution in [1.29, 1.82) is 0 Å². The average molecular weight is 334 g/mol. The van der Waals surface area contributed by atoms with Crippen LogP contribution < -0.4 is 10.1 Å². The molecule has 1 N–H and O–H groups in total. The Morgan fingerprint density at radius 2 is 1.85 bits per heavy atom. The molecule has 0 radical (unpaired) electrons. The Hall–Kier alpha value is -1.32. The summed E-state index contributed by atoms with van der Waals surface area (Å²) in [5.74, 6) is 0.884. The lowest BCUT2D eigenvalue weighted by molar-refractivity contribution is 0.414. The molecule has 2 aromatic carbocycles. The van der Waals surface area contributed by atoms with Gasteiger partial charge in [-0.2, -0.15) is 0 Å². The highest BCUT2D eigenvalue weighted by molar-refractivity contribution is 9.10. The predicted molar refractivity (Wildman–Crippen MR) is 87.5 cm³/mol. The van der Waals surface area contributed by atoms with Gasteiger partial charge in [0.25, 0.3) is 0 Å². The molecule has 0 bridgehead atoms. The van der Waals surface area contributed by atoms with Crippen LogP contribution in [-0.2, 0) is 0 Å². The van der Waals surface area contributed by atoms with E-state index < -0.39 is 0 Å². The van der Waals surface area contributed by atoms with Gasteiger partial charge in [-0.05, 0) is 61.3 Å². The van der Waals surface area contributed by atoms with E-state index in [9.17, 15) is 0 Å². The van der Waals surface area contributed by atoms with Crippen molar-refractivity contribution in [2.24, 2.45) is 0 Å². The molecular formula is C17H20BrNO.